The molecule has 0 unspecified atom stereocenters. The Morgan fingerprint density at radius 3 is 2.63 bits per heavy atom. The highest BCUT2D eigenvalue weighted by molar-refractivity contribution is 7.92. The van der Waals surface area contributed by atoms with Gasteiger partial charge in [0.15, 0.2) is 11.5 Å². The third-order valence-corrected chi connectivity index (χ3v) is 6.14. The van der Waals surface area contributed by atoms with Gasteiger partial charge in [-0.15, -0.1) is 0 Å². The smallest absolute Gasteiger partial charge is 0.245 e. The van der Waals surface area contributed by atoms with Gasteiger partial charge < -0.3 is 14.8 Å². The number of rotatable bonds is 6. The second-order valence-electron chi connectivity index (χ2n) is 5.62. The largest absolute Gasteiger partial charge is 0.454 e. The average molecular weight is 431 g/mol. The Labute approximate surface area is 166 Å². The molecule has 27 heavy (non-hydrogen) atoms. The summed E-state index contributed by atoms with van der Waals surface area (Å²) in [5, 5.41) is 3.27. The molecule has 1 heterocycles. The van der Waals surface area contributed by atoms with Gasteiger partial charge in [0, 0.05) is 11.1 Å². The summed E-state index contributed by atoms with van der Waals surface area (Å²) in [6.07, 6.45) is 0. The molecular weight excluding hydrogens is 415 g/mol. The molecule has 0 saturated carbocycles. The number of sulfonamides is 1. The minimum absolute atomic E-state index is 0.0626. The number of carbonyl (C=O) groups is 1. The summed E-state index contributed by atoms with van der Waals surface area (Å²) >= 11 is 11.9. The quantitative estimate of drug-likeness (QED) is 0.757. The molecule has 0 bridgehead atoms. The van der Waals surface area contributed by atoms with Crippen LogP contribution in [0, 0.1) is 0 Å². The molecule has 0 fully saturated rings. The van der Waals surface area contributed by atoms with Gasteiger partial charge >= 0.3 is 0 Å². The van der Waals surface area contributed by atoms with E-state index in [4.69, 9.17) is 32.7 Å². The summed E-state index contributed by atoms with van der Waals surface area (Å²) in [6.45, 7) is 1.13. The number of nitrogens with one attached hydrogen (secondary N) is 1. The summed E-state index contributed by atoms with van der Waals surface area (Å²) in [5.74, 6) is 0.200. The van der Waals surface area contributed by atoms with Crippen molar-refractivity contribution in [2.24, 2.45) is 0 Å². The van der Waals surface area contributed by atoms with Crippen molar-refractivity contribution in [1.82, 2.24) is 0 Å². The fourth-order valence-corrected chi connectivity index (χ4v) is 3.86. The Kier molecular flexibility index (Phi) is 5.69. The lowest BCUT2D eigenvalue weighted by Crippen LogP contribution is -2.39. The van der Waals surface area contributed by atoms with E-state index < -0.39 is 22.5 Å². The van der Waals surface area contributed by atoms with Gasteiger partial charge in [-0.1, -0.05) is 23.2 Å². The van der Waals surface area contributed by atoms with Crippen LogP contribution in [0.25, 0.3) is 0 Å². The van der Waals surface area contributed by atoms with Crippen molar-refractivity contribution in [3.63, 3.8) is 0 Å². The maximum absolute atomic E-state index is 12.5. The van der Waals surface area contributed by atoms with E-state index >= 15 is 0 Å². The van der Waals surface area contributed by atoms with Gasteiger partial charge in [-0.3, -0.25) is 9.10 Å². The van der Waals surface area contributed by atoms with Crippen LogP contribution in [0.2, 0.25) is 10.0 Å². The molecule has 0 radical (unpaired) electrons. The number of hydrogen-bond acceptors (Lipinski definition) is 5. The van der Waals surface area contributed by atoms with E-state index in [0.717, 1.165) is 4.31 Å². The van der Waals surface area contributed by atoms with E-state index in [-0.39, 0.29) is 12.5 Å². The summed E-state index contributed by atoms with van der Waals surface area (Å²) in [5.41, 5.74) is 0.599. The van der Waals surface area contributed by atoms with E-state index in [0.29, 0.717) is 32.9 Å². The zero-order valence-corrected chi connectivity index (χ0v) is 16.6. The Hall–Kier alpha value is -2.16. The van der Waals surface area contributed by atoms with Crippen LogP contribution >= 0.6 is 23.2 Å². The van der Waals surface area contributed by atoms with Crippen LogP contribution in [0.5, 0.6) is 11.5 Å². The molecule has 3 rings (SSSR count). The fourth-order valence-electron chi connectivity index (χ4n) is 2.46. The average Bonchev–Trinajstić information content (AvgIpc) is 3.10. The molecule has 2 aromatic carbocycles. The number of amides is 1. The number of ether oxygens (including phenoxy) is 2. The van der Waals surface area contributed by atoms with Crippen LogP contribution in [-0.4, -0.2) is 33.4 Å². The van der Waals surface area contributed by atoms with Crippen molar-refractivity contribution in [1.29, 1.82) is 0 Å². The lowest BCUT2D eigenvalue weighted by Gasteiger charge is -2.23. The molecule has 1 amide bonds. The van der Waals surface area contributed by atoms with Crippen LogP contribution in [0.4, 0.5) is 11.4 Å². The lowest BCUT2D eigenvalue weighted by atomic mass is 10.2. The second kappa shape index (κ2) is 7.84. The van der Waals surface area contributed by atoms with Crippen molar-refractivity contribution < 1.29 is 22.7 Å². The highest BCUT2D eigenvalue weighted by atomic mass is 35.5. The molecule has 0 aliphatic carbocycles. The summed E-state index contributed by atoms with van der Waals surface area (Å²) in [4.78, 5) is 12.5. The molecule has 1 aliphatic rings. The third kappa shape index (κ3) is 4.40. The maximum Gasteiger partial charge on any atom is 0.245 e. The predicted octanol–water partition coefficient (Wildman–Crippen LogP) is 3.52. The van der Waals surface area contributed by atoms with E-state index in [1.807, 2.05) is 0 Å². The van der Waals surface area contributed by atoms with E-state index in [9.17, 15) is 13.2 Å². The Morgan fingerprint density at radius 2 is 1.89 bits per heavy atom. The van der Waals surface area contributed by atoms with Crippen molar-refractivity contribution in [2.75, 3.05) is 28.7 Å². The van der Waals surface area contributed by atoms with Crippen molar-refractivity contribution in [3.05, 3.63) is 46.4 Å². The summed E-state index contributed by atoms with van der Waals surface area (Å²) in [7, 11) is -3.72. The molecule has 2 aromatic rings. The van der Waals surface area contributed by atoms with Crippen molar-refractivity contribution in [3.8, 4) is 11.5 Å². The molecule has 1 aliphatic heterocycles. The maximum atomic E-state index is 12.5. The normalized spacial score (nSPS) is 12.7. The SMILES string of the molecule is CCS(=O)(=O)N(CC(=O)Nc1cc(Cl)ccc1Cl)c1ccc2c(c1)OCO2. The molecule has 10 heteroatoms. The molecule has 0 aromatic heterocycles. The first kappa shape index (κ1) is 19.6. The molecule has 1 N–H and O–H groups in total. The van der Waals surface area contributed by atoms with E-state index in [1.165, 1.54) is 25.1 Å². The van der Waals surface area contributed by atoms with Gasteiger partial charge in [0.2, 0.25) is 22.7 Å². The molecule has 0 saturated heterocycles. The zero-order valence-electron chi connectivity index (χ0n) is 14.2. The topological polar surface area (TPSA) is 84.9 Å². The van der Waals surface area contributed by atoms with Gasteiger partial charge in [-0.25, -0.2) is 8.42 Å². The predicted molar refractivity (Wildman–Crippen MR) is 104 cm³/mol. The van der Waals surface area contributed by atoms with Gasteiger partial charge in [-0.05, 0) is 37.3 Å². The molecular formula is C17H16Cl2N2O5S. The highest BCUT2D eigenvalue weighted by Crippen LogP contribution is 2.36. The van der Waals surface area contributed by atoms with Crippen molar-refractivity contribution in [2.45, 2.75) is 6.92 Å². The second-order valence-corrected chi connectivity index (χ2v) is 8.64. The molecule has 0 spiro atoms. The van der Waals surface area contributed by atoms with Crippen LogP contribution in [0.3, 0.4) is 0 Å². The van der Waals surface area contributed by atoms with E-state index in [2.05, 4.69) is 5.32 Å². The highest BCUT2D eigenvalue weighted by Gasteiger charge is 2.26. The van der Waals surface area contributed by atoms with Gasteiger partial charge in [0.1, 0.15) is 6.54 Å². The standard InChI is InChI=1S/C17H16Cl2N2O5S/c1-2-27(23,24)21(12-4-6-15-16(8-12)26-10-25-15)9-17(22)20-14-7-11(18)3-5-13(14)19/h3-8H,2,9-10H2,1H3,(H,20,22). The Balaban J connectivity index is 1.86. The summed E-state index contributed by atoms with van der Waals surface area (Å²) in [6, 6.07) is 9.29. The number of anilines is 2. The van der Waals surface area contributed by atoms with Gasteiger partial charge in [0.25, 0.3) is 0 Å². The number of hydrogen-bond donors (Lipinski definition) is 1. The number of fused-ring (bicyclic) bond motifs is 1. The van der Waals surface area contributed by atoms with Crippen LogP contribution in [-0.2, 0) is 14.8 Å². The third-order valence-electron chi connectivity index (χ3n) is 3.83. The fraction of sp³-hybridized carbons (Fsp3) is 0.235. The van der Waals surface area contributed by atoms with E-state index in [1.54, 1.807) is 18.2 Å². The monoisotopic (exact) mass is 430 g/mol. The first-order valence-electron chi connectivity index (χ1n) is 7.95. The number of benzene rings is 2. The Morgan fingerprint density at radius 1 is 1.15 bits per heavy atom. The molecule has 0 atom stereocenters. The van der Waals surface area contributed by atoms with Gasteiger partial charge in [0.05, 0.1) is 22.2 Å². The van der Waals surface area contributed by atoms with Crippen LogP contribution in [0.1, 0.15) is 6.92 Å². The minimum atomic E-state index is -3.72. The zero-order chi connectivity index (χ0) is 19.6. The number of nitrogens with zero attached hydrogens (tertiary/aromatic N) is 1. The Bertz CT molecular complexity index is 981. The van der Waals surface area contributed by atoms with Crippen molar-refractivity contribution >= 4 is 50.5 Å². The first-order valence-corrected chi connectivity index (χ1v) is 10.3. The first-order chi connectivity index (χ1) is 12.8. The lowest BCUT2D eigenvalue weighted by molar-refractivity contribution is -0.114. The molecule has 144 valence electrons. The van der Waals surface area contributed by atoms with Crippen LogP contribution in [0.15, 0.2) is 36.4 Å². The molecule has 7 nitrogen and oxygen atoms in total. The van der Waals surface area contributed by atoms with Crippen LogP contribution < -0.4 is 19.1 Å². The van der Waals surface area contributed by atoms with Gasteiger partial charge in [-0.2, -0.15) is 0 Å². The summed E-state index contributed by atoms with van der Waals surface area (Å²) < 4.78 is 36.6. The number of halogens is 2. The number of carbonyl (C=O) groups excluding carboxylic acids is 1. The minimum Gasteiger partial charge on any atom is -0.454 e.